The fourth-order valence-corrected chi connectivity index (χ4v) is 10.0. The highest BCUT2D eigenvalue weighted by atomic mass is 16.3. The van der Waals surface area contributed by atoms with Crippen molar-refractivity contribution >= 4 is 65.7 Å². The third-order valence-electron chi connectivity index (χ3n) is 12.3. The van der Waals surface area contributed by atoms with Gasteiger partial charge in [0, 0.05) is 62.2 Å². The lowest BCUT2D eigenvalue weighted by Gasteiger charge is -2.31. The number of allylic oxidation sites excluding steroid dienone is 1. The number of rotatable bonds is 0. The number of pyridine rings is 2. The van der Waals surface area contributed by atoms with E-state index in [0.29, 0.717) is 5.92 Å². The predicted octanol–water partition coefficient (Wildman–Crippen LogP) is 11.1. The smallest absolute Gasteiger partial charge is 0.218 e. The van der Waals surface area contributed by atoms with Gasteiger partial charge in [-0.3, -0.25) is 0 Å². The molecule has 2 unspecified atom stereocenters. The molecule has 0 bridgehead atoms. The van der Waals surface area contributed by atoms with Crippen molar-refractivity contribution in [2.24, 2.45) is 0 Å². The van der Waals surface area contributed by atoms with E-state index >= 15 is 0 Å². The van der Waals surface area contributed by atoms with Crippen LogP contribution in [0.4, 0.5) is 0 Å². The molecule has 0 saturated carbocycles. The molecule has 0 saturated heterocycles. The van der Waals surface area contributed by atoms with E-state index in [2.05, 4.69) is 154 Å². The van der Waals surface area contributed by atoms with Crippen molar-refractivity contribution < 1.29 is 13.6 Å². The van der Waals surface area contributed by atoms with Crippen molar-refractivity contribution in [3.05, 3.63) is 157 Å². The van der Waals surface area contributed by atoms with Crippen LogP contribution >= 0.6 is 0 Å². The Kier molecular flexibility index (Phi) is 5.56. The van der Waals surface area contributed by atoms with Crippen LogP contribution < -0.4 is 9.13 Å². The molecular formula is C48H35N3O+2. The summed E-state index contributed by atoms with van der Waals surface area (Å²) in [6.45, 7) is 6.99. The summed E-state index contributed by atoms with van der Waals surface area (Å²) in [5, 5.41) is 7.33. The fourth-order valence-electron chi connectivity index (χ4n) is 10.0. The summed E-state index contributed by atoms with van der Waals surface area (Å²) < 4.78 is 14.0. The van der Waals surface area contributed by atoms with Crippen molar-refractivity contribution in [1.29, 1.82) is 0 Å². The summed E-state index contributed by atoms with van der Waals surface area (Å²) in [5.41, 5.74) is 15.9. The van der Waals surface area contributed by atoms with E-state index in [1.54, 1.807) is 0 Å². The van der Waals surface area contributed by atoms with Gasteiger partial charge in [-0.15, -0.1) is 0 Å². The molecule has 5 aromatic heterocycles. The molecule has 0 N–H and O–H groups in total. The molecule has 5 aromatic carbocycles. The van der Waals surface area contributed by atoms with E-state index in [4.69, 9.17) is 11.0 Å². The number of nitrogens with zero attached hydrogens (tertiary/aromatic N) is 3. The van der Waals surface area contributed by atoms with Crippen molar-refractivity contribution in [1.82, 2.24) is 4.40 Å². The Morgan fingerprint density at radius 3 is 2.52 bits per heavy atom. The monoisotopic (exact) mass is 669 g/mol. The van der Waals surface area contributed by atoms with Gasteiger partial charge in [0.15, 0.2) is 24.1 Å². The molecule has 10 aromatic rings. The van der Waals surface area contributed by atoms with Crippen LogP contribution in [0.1, 0.15) is 41.5 Å². The lowest BCUT2D eigenvalue weighted by Crippen LogP contribution is -2.49. The van der Waals surface area contributed by atoms with Crippen molar-refractivity contribution in [2.75, 3.05) is 0 Å². The molecule has 0 radical (unpaired) electrons. The molecular weight excluding hydrogens is 635 g/mol. The molecule has 12 rings (SSSR count). The van der Waals surface area contributed by atoms with Crippen LogP contribution in [0.3, 0.4) is 0 Å². The van der Waals surface area contributed by atoms with Crippen LogP contribution in [-0.2, 0) is 6.42 Å². The standard InChI is InChI=1S/C48H35N3O/c1-28-17-21-41-38-26-39-35-13-9-14-37-46-42(22-20-36-34-12-5-6-16-45(34)52-48(36)46)51(47(35)37)44(39)25-30(38)18-19-33-31-10-3-4-11-32(31)40-15-7-8-23-49(40)43(33)24-29(2)50(41)27-28/h3-17,20-23,25-27,33,43H,2,18-19,24H2,1H3/q+2. The van der Waals surface area contributed by atoms with Crippen molar-refractivity contribution in [2.45, 2.75) is 38.1 Å². The zero-order valence-corrected chi connectivity index (χ0v) is 28.9. The first kappa shape index (κ1) is 28.4. The maximum Gasteiger partial charge on any atom is 0.218 e. The molecule has 246 valence electrons. The molecule has 2 aliphatic heterocycles. The first-order valence-corrected chi connectivity index (χ1v) is 18.5. The van der Waals surface area contributed by atoms with E-state index in [1.807, 2.05) is 0 Å². The van der Waals surface area contributed by atoms with Gasteiger partial charge in [-0.25, -0.2) is 0 Å². The van der Waals surface area contributed by atoms with Crippen molar-refractivity contribution in [3.8, 4) is 22.5 Å². The average molecular weight is 670 g/mol. The number of aryl methyl sites for hydroxylation is 2. The van der Waals surface area contributed by atoms with Crippen LogP contribution in [0, 0.1) is 6.92 Å². The number of benzene rings is 5. The second-order valence-corrected chi connectivity index (χ2v) is 15.0. The van der Waals surface area contributed by atoms with Crippen LogP contribution in [0.2, 0.25) is 0 Å². The quantitative estimate of drug-likeness (QED) is 0.148. The first-order valence-electron chi connectivity index (χ1n) is 18.5. The van der Waals surface area contributed by atoms with Gasteiger partial charge < -0.3 is 8.82 Å². The predicted molar refractivity (Wildman–Crippen MR) is 211 cm³/mol. The number of fused-ring (bicyclic) bond motifs is 19. The van der Waals surface area contributed by atoms with Gasteiger partial charge in [-0.1, -0.05) is 54.6 Å². The molecule has 4 nitrogen and oxygen atoms in total. The minimum absolute atomic E-state index is 0.263. The Hall–Kier alpha value is -6.26. The lowest BCUT2D eigenvalue weighted by atomic mass is 9.77. The number of furan rings is 1. The maximum absolute atomic E-state index is 6.62. The molecule has 4 heteroatoms. The molecule has 2 aliphatic rings. The highest BCUT2D eigenvalue weighted by Crippen LogP contribution is 2.47. The Balaban J connectivity index is 1.14. The molecule has 0 aliphatic carbocycles. The summed E-state index contributed by atoms with van der Waals surface area (Å²) in [6.07, 6.45) is 7.45. The highest BCUT2D eigenvalue weighted by molar-refractivity contribution is 6.29. The molecule has 0 amide bonds. The minimum atomic E-state index is 0.263. The lowest BCUT2D eigenvalue weighted by molar-refractivity contribution is -0.720. The van der Waals surface area contributed by atoms with E-state index in [9.17, 15) is 0 Å². The number of para-hydroxylation sites is 2. The fraction of sp³-hybridized carbons (Fsp3) is 0.125. The number of aromatic nitrogens is 3. The summed E-state index contributed by atoms with van der Waals surface area (Å²) in [6, 6.07) is 45.2. The van der Waals surface area contributed by atoms with Crippen LogP contribution in [0.5, 0.6) is 0 Å². The van der Waals surface area contributed by atoms with E-state index in [0.717, 1.165) is 36.1 Å². The largest absolute Gasteiger partial charge is 0.455 e. The van der Waals surface area contributed by atoms with Gasteiger partial charge in [0.2, 0.25) is 11.4 Å². The van der Waals surface area contributed by atoms with Gasteiger partial charge in [-0.2, -0.15) is 9.13 Å². The third-order valence-corrected chi connectivity index (χ3v) is 12.3. The second-order valence-electron chi connectivity index (χ2n) is 15.0. The van der Waals surface area contributed by atoms with E-state index in [-0.39, 0.29) is 6.04 Å². The van der Waals surface area contributed by atoms with Crippen molar-refractivity contribution in [3.63, 3.8) is 0 Å². The summed E-state index contributed by atoms with van der Waals surface area (Å²) in [7, 11) is 0. The van der Waals surface area contributed by atoms with E-state index < -0.39 is 0 Å². The third kappa shape index (κ3) is 3.66. The van der Waals surface area contributed by atoms with Gasteiger partial charge in [-0.05, 0) is 86.0 Å². The average Bonchev–Trinajstić information content (AvgIpc) is 3.84. The van der Waals surface area contributed by atoms with Gasteiger partial charge >= 0.3 is 0 Å². The molecule has 7 heterocycles. The molecule has 2 atom stereocenters. The Labute approximate surface area is 300 Å². The summed E-state index contributed by atoms with van der Waals surface area (Å²) in [4.78, 5) is 0. The normalized spacial score (nSPS) is 17.1. The number of hydrogen-bond acceptors (Lipinski definition) is 1. The zero-order valence-electron chi connectivity index (χ0n) is 28.9. The SMILES string of the molecule is C=C1CC2C(CCc3cc4c(cc3-c3ccc(C)c[n+]31)c1cccc3c5c6oc7ccccc7c6ccc5n4c13)c1ccccc1-c1cccc[n+]12. The molecule has 52 heavy (non-hydrogen) atoms. The summed E-state index contributed by atoms with van der Waals surface area (Å²) >= 11 is 0. The second kappa shape index (κ2) is 10.2. The topological polar surface area (TPSA) is 25.3 Å². The highest BCUT2D eigenvalue weighted by Gasteiger charge is 2.42. The number of hydrogen-bond donors (Lipinski definition) is 0. The van der Waals surface area contributed by atoms with Crippen LogP contribution in [-0.4, -0.2) is 4.40 Å². The van der Waals surface area contributed by atoms with Crippen LogP contribution in [0.25, 0.3) is 88.2 Å². The Morgan fingerprint density at radius 1 is 0.712 bits per heavy atom. The van der Waals surface area contributed by atoms with Gasteiger partial charge in [0.05, 0.1) is 33.9 Å². The summed E-state index contributed by atoms with van der Waals surface area (Å²) in [5.74, 6) is 0.346. The molecule has 0 spiro atoms. The van der Waals surface area contributed by atoms with Crippen LogP contribution in [0.15, 0.2) is 145 Å². The Morgan fingerprint density at radius 2 is 1.56 bits per heavy atom. The Bertz CT molecular complexity index is 3160. The van der Waals surface area contributed by atoms with E-state index in [1.165, 1.54) is 88.1 Å². The first-order chi connectivity index (χ1) is 25.6. The van der Waals surface area contributed by atoms with Gasteiger partial charge in [0.1, 0.15) is 11.2 Å². The maximum atomic E-state index is 6.62. The minimum Gasteiger partial charge on any atom is -0.455 e. The zero-order chi connectivity index (χ0) is 34.2. The van der Waals surface area contributed by atoms with Gasteiger partial charge in [0.25, 0.3) is 0 Å². The molecule has 0 fully saturated rings.